The van der Waals surface area contributed by atoms with Crippen molar-refractivity contribution in [3.63, 3.8) is 0 Å². The molecule has 0 aromatic heterocycles. The van der Waals surface area contributed by atoms with Gasteiger partial charge in [0.1, 0.15) is 11.6 Å². The normalized spacial score (nSPS) is 11.7. The number of benzene rings is 1. The molecule has 1 N–H and O–H groups in total. The highest BCUT2D eigenvalue weighted by Gasteiger charge is 2.15. The molecule has 0 fully saturated rings. The maximum Gasteiger partial charge on any atom is 0.303 e. The van der Waals surface area contributed by atoms with Crippen molar-refractivity contribution in [2.45, 2.75) is 25.3 Å². The van der Waals surface area contributed by atoms with E-state index in [4.69, 9.17) is 10.6 Å². The highest BCUT2D eigenvalue weighted by Crippen LogP contribution is 2.26. The molecule has 18 heavy (non-hydrogen) atoms. The fraction of sp³-hybridized carbons (Fsp3) is 0.364. The number of carbonyl (C=O) groups is 1. The van der Waals surface area contributed by atoms with Gasteiger partial charge >= 0.3 is 5.97 Å². The molecule has 96 valence electrons. The van der Waals surface area contributed by atoms with Crippen molar-refractivity contribution in [2.75, 3.05) is 0 Å². The molecule has 0 heterocycles. The van der Waals surface area contributed by atoms with E-state index in [2.05, 4.69) is 10.0 Å². The number of aliphatic carboxylic acids is 1. The summed E-state index contributed by atoms with van der Waals surface area (Å²) in [6, 6.07) is 1.96. The molecule has 1 unspecified atom stereocenters. The van der Waals surface area contributed by atoms with Crippen LogP contribution < -0.4 is 0 Å². The van der Waals surface area contributed by atoms with E-state index in [9.17, 15) is 13.6 Å². The predicted octanol–water partition coefficient (Wildman–Crippen LogP) is 3.57. The van der Waals surface area contributed by atoms with Gasteiger partial charge in [0.05, 0.1) is 6.04 Å². The van der Waals surface area contributed by atoms with E-state index >= 15 is 0 Å². The first-order chi connectivity index (χ1) is 8.54. The molecule has 5 nitrogen and oxygen atoms in total. The number of rotatable bonds is 6. The van der Waals surface area contributed by atoms with Crippen molar-refractivity contribution in [3.05, 3.63) is 45.8 Å². The van der Waals surface area contributed by atoms with Gasteiger partial charge in [-0.05, 0) is 42.1 Å². The largest absolute Gasteiger partial charge is 0.481 e. The Bertz CT molecular complexity index is 487. The van der Waals surface area contributed by atoms with Crippen molar-refractivity contribution >= 4 is 5.97 Å². The minimum absolute atomic E-state index is 0.0572. The van der Waals surface area contributed by atoms with Gasteiger partial charge in [-0.3, -0.25) is 4.79 Å². The summed E-state index contributed by atoms with van der Waals surface area (Å²) in [7, 11) is 0. The SMILES string of the molecule is [N-]=[N+]=NC(CCCC(=O)O)c1cc(F)ccc1F. The lowest BCUT2D eigenvalue weighted by Crippen LogP contribution is -2.02. The van der Waals surface area contributed by atoms with Crippen LogP contribution in [0.3, 0.4) is 0 Å². The Morgan fingerprint density at radius 1 is 1.50 bits per heavy atom. The first kappa shape index (κ1) is 13.9. The molecule has 7 heteroatoms. The van der Waals surface area contributed by atoms with E-state index in [1.54, 1.807) is 0 Å². The van der Waals surface area contributed by atoms with Crippen molar-refractivity contribution in [1.29, 1.82) is 0 Å². The third kappa shape index (κ3) is 4.03. The summed E-state index contributed by atoms with van der Waals surface area (Å²) in [5, 5.41) is 11.9. The van der Waals surface area contributed by atoms with Gasteiger partial charge in [-0.15, -0.1) is 0 Å². The first-order valence-electron chi connectivity index (χ1n) is 5.25. The second-order valence-electron chi connectivity index (χ2n) is 3.67. The van der Waals surface area contributed by atoms with Crippen LogP contribution in [0.15, 0.2) is 23.3 Å². The maximum absolute atomic E-state index is 13.5. The average Bonchev–Trinajstić information content (AvgIpc) is 2.31. The summed E-state index contributed by atoms with van der Waals surface area (Å²) in [4.78, 5) is 12.9. The van der Waals surface area contributed by atoms with Crippen LogP contribution in [0.25, 0.3) is 10.4 Å². The number of azide groups is 1. The number of halogens is 2. The van der Waals surface area contributed by atoms with Crippen molar-refractivity contribution in [1.82, 2.24) is 0 Å². The van der Waals surface area contributed by atoms with Crippen LogP contribution in [0.4, 0.5) is 8.78 Å². The zero-order valence-corrected chi connectivity index (χ0v) is 9.38. The van der Waals surface area contributed by atoms with Gasteiger partial charge in [0.25, 0.3) is 0 Å². The first-order valence-corrected chi connectivity index (χ1v) is 5.25. The number of carboxylic acids is 1. The van der Waals surface area contributed by atoms with Gasteiger partial charge in [0, 0.05) is 11.3 Å². The summed E-state index contributed by atoms with van der Waals surface area (Å²) < 4.78 is 26.5. The second-order valence-corrected chi connectivity index (χ2v) is 3.67. The van der Waals surface area contributed by atoms with Crippen molar-refractivity contribution in [3.8, 4) is 0 Å². The zero-order valence-electron chi connectivity index (χ0n) is 9.38. The third-order valence-corrected chi connectivity index (χ3v) is 2.38. The van der Waals surface area contributed by atoms with Crippen molar-refractivity contribution < 1.29 is 18.7 Å². The van der Waals surface area contributed by atoms with Gasteiger partial charge in [-0.25, -0.2) is 8.78 Å². The molecular weight excluding hydrogens is 244 g/mol. The van der Waals surface area contributed by atoms with Crippen LogP contribution in [0.1, 0.15) is 30.9 Å². The molecule has 0 amide bonds. The summed E-state index contributed by atoms with van der Waals surface area (Å²) in [6.45, 7) is 0. The molecule has 0 bridgehead atoms. The Balaban J connectivity index is 2.86. The van der Waals surface area contributed by atoms with E-state index in [-0.39, 0.29) is 24.8 Å². The van der Waals surface area contributed by atoms with Gasteiger partial charge in [-0.1, -0.05) is 5.11 Å². The number of carboxylic acid groups (broad SMARTS) is 1. The van der Waals surface area contributed by atoms with Gasteiger partial charge in [-0.2, -0.15) is 0 Å². The third-order valence-electron chi connectivity index (χ3n) is 2.38. The van der Waals surface area contributed by atoms with Crippen LogP contribution in [0, 0.1) is 11.6 Å². The molecule has 1 aromatic carbocycles. The lowest BCUT2D eigenvalue weighted by atomic mass is 10.0. The fourth-order valence-electron chi connectivity index (χ4n) is 1.55. The van der Waals surface area contributed by atoms with Crippen LogP contribution in [-0.4, -0.2) is 11.1 Å². The maximum atomic E-state index is 13.5. The quantitative estimate of drug-likeness (QED) is 0.478. The molecule has 0 aliphatic heterocycles. The minimum Gasteiger partial charge on any atom is -0.481 e. The van der Waals surface area contributed by atoms with E-state index in [1.807, 2.05) is 0 Å². The Morgan fingerprint density at radius 2 is 2.22 bits per heavy atom. The number of nitrogens with zero attached hydrogens (tertiary/aromatic N) is 3. The molecule has 0 saturated heterocycles. The van der Waals surface area contributed by atoms with Crippen LogP contribution in [0.5, 0.6) is 0 Å². The predicted molar refractivity (Wildman–Crippen MR) is 59.7 cm³/mol. The Hall–Kier alpha value is -2.14. The molecule has 0 aliphatic carbocycles. The van der Waals surface area contributed by atoms with E-state index < -0.39 is 23.6 Å². The summed E-state index contributed by atoms with van der Waals surface area (Å²) in [5.41, 5.74) is 8.34. The second kappa shape index (κ2) is 6.56. The molecule has 0 saturated carbocycles. The molecule has 0 radical (unpaired) electrons. The molecule has 1 rings (SSSR count). The van der Waals surface area contributed by atoms with E-state index in [0.29, 0.717) is 0 Å². The monoisotopic (exact) mass is 255 g/mol. The Kier molecular flexibility index (Phi) is 5.07. The molecular formula is C11H11F2N3O2. The number of hydrogen-bond donors (Lipinski definition) is 1. The smallest absolute Gasteiger partial charge is 0.303 e. The summed E-state index contributed by atoms with van der Waals surface area (Å²) in [6.07, 6.45) is 0.250. The van der Waals surface area contributed by atoms with Crippen molar-refractivity contribution in [2.24, 2.45) is 5.11 Å². The minimum atomic E-state index is -0.991. The molecule has 0 spiro atoms. The van der Waals surface area contributed by atoms with Crippen LogP contribution >= 0.6 is 0 Å². The van der Waals surface area contributed by atoms with Gasteiger partial charge < -0.3 is 5.11 Å². The average molecular weight is 255 g/mol. The highest BCUT2D eigenvalue weighted by atomic mass is 19.1. The summed E-state index contributed by atoms with van der Waals surface area (Å²) >= 11 is 0. The molecule has 1 atom stereocenters. The molecule has 1 aromatic rings. The van der Waals surface area contributed by atoms with E-state index in [1.165, 1.54) is 0 Å². The highest BCUT2D eigenvalue weighted by molar-refractivity contribution is 5.66. The fourth-order valence-corrected chi connectivity index (χ4v) is 1.55. The Morgan fingerprint density at radius 3 is 2.83 bits per heavy atom. The van der Waals surface area contributed by atoms with Crippen LogP contribution in [0.2, 0.25) is 0 Å². The lowest BCUT2D eigenvalue weighted by molar-refractivity contribution is -0.137. The standard InChI is InChI=1S/C11H11F2N3O2/c12-7-4-5-9(13)8(6-7)10(15-16-14)2-1-3-11(17)18/h4-6,10H,1-3H2,(H,17,18). The number of hydrogen-bond acceptors (Lipinski definition) is 2. The lowest BCUT2D eigenvalue weighted by Gasteiger charge is -2.11. The zero-order chi connectivity index (χ0) is 13.5. The van der Waals surface area contributed by atoms with Gasteiger partial charge in [0.15, 0.2) is 0 Å². The van der Waals surface area contributed by atoms with E-state index in [0.717, 1.165) is 18.2 Å². The van der Waals surface area contributed by atoms with Crippen LogP contribution in [-0.2, 0) is 4.79 Å². The van der Waals surface area contributed by atoms with Gasteiger partial charge in [0.2, 0.25) is 0 Å². The Labute approximate surface area is 102 Å². The summed E-state index contributed by atoms with van der Waals surface area (Å²) in [5.74, 6) is -2.30. The molecule has 0 aliphatic rings. The topological polar surface area (TPSA) is 86.1 Å².